The molecule has 4 rings (SSSR count). The van der Waals surface area contributed by atoms with E-state index in [0.717, 1.165) is 28.9 Å². The predicted molar refractivity (Wildman–Crippen MR) is 97.2 cm³/mol. The summed E-state index contributed by atoms with van der Waals surface area (Å²) in [4.78, 5) is 16.3. The normalized spacial score (nSPS) is 23.0. The van der Waals surface area contributed by atoms with E-state index in [2.05, 4.69) is 15.4 Å². The van der Waals surface area contributed by atoms with Gasteiger partial charge in [0.05, 0.1) is 6.10 Å². The lowest BCUT2D eigenvalue weighted by Crippen LogP contribution is -2.22. The van der Waals surface area contributed by atoms with E-state index < -0.39 is 6.10 Å². The Bertz CT molecular complexity index is 1000. The number of hydrogen-bond acceptors (Lipinski definition) is 6. The Balaban J connectivity index is 1.46. The van der Waals surface area contributed by atoms with E-state index in [0.29, 0.717) is 19.0 Å². The number of aliphatic hydroxyl groups excluding tert-OH is 1. The smallest absolute Gasteiger partial charge is 0.345 e. The van der Waals surface area contributed by atoms with Crippen LogP contribution in [0.4, 0.5) is 6.01 Å². The Morgan fingerprint density at radius 1 is 1.35 bits per heavy atom. The van der Waals surface area contributed by atoms with Gasteiger partial charge in [0, 0.05) is 32.5 Å². The van der Waals surface area contributed by atoms with E-state index in [9.17, 15) is 9.90 Å². The standard InChI is InChI=1S/C18H23N5O3/c1-10-5-4-6-13-15(10)26-17(20-13)19-9-12-7-11(8-14(12)24)16-21-23(3)18(25)22(16)2/h4-6,11-12,14,24H,7-9H2,1-3H3,(H,19,20)/t11-,12+,14+/m0/s1. The maximum atomic E-state index is 11.9. The fourth-order valence-corrected chi connectivity index (χ4v) is 3.85. The Kier molecular flexibility index (Phi) is 4.07. The number of oxazole rings is 1. The molecule has 1 aliphatic rings. The average molecular weight is 357 g/mol. The van der Waals surface area contributed by atoms with Crippen LogP contribution in [0.3, 0.4) is 0 Å². The van der Waals surface area contributed by atoms with Crippen LogP contribution in [0.25, 0.3) is 11.1 Å². The number of aromatic nitrogens is 4. The molecule has 0 bridgehead atoms. The average Bonchev–Trinajstić information content (AvgIpc) is 3.26. The molecule has 2 heterocycles. The summed E-state index contributed by atoms with van der Waals surface area (Å²) in [5.41, 5.74) is 2.50. The number of benzene rings is 1. The number of hydrogen-bond donors (Lipinski definition) is 2. The Hall–Kier alpha value is -2.61. The maximum absolute atomic E-state index is 11.9. The van der Waals surface area contributed by atoms with Crippen molar-refractivity contribution in [3.63, 3.8) is 0 Å². The summed E-state index contributed by atoms with van der Waals surface area (Å²) in [6.45, 7) is 2.55. The molecule has 1 saturated carbocycles. The van der Waals surface area contributed by atoms with Crippen molar-refractivity contribution >= 4 is 17.1 Å². The molecule has 0 saturated heterocycles. The van der Waals surface area contributed by atoms with Gasteiger partial charge in [0.1, 0.15) is 11.3 Å². The van der Waals surface area contributed by atoms with Gasteiger partial charge < -0.3 is 14.8 Å². The van der Waals surface area contributed by atoms with Crippen LogP contribution in [0.15, 0.2) is 27.4 Å². The molecule has 138 valence electrons. The molecule has 1 aromatic carbocycles. The molecular weight excluding hydrogens is 334 g/mol. The highest BCUT2D eigenvalue weighted by Gasteiger charge is 2.36. The topological polar surface area (TPSA) is 98.1 Å². The van der Waals surface area contributed by atoms with Crippen molar-refractivity contribution < 1.29 is 9.52 Å². The third kappa shape index (κ3) is 2.80. The van der Waals surface area contributed by atoms with Crippen molar-refractivity contribution in [2.45, 2.75) is 31.8 Å². The molecule has 8 heteroatoms. The minimum absolute atomic E-state index is 0.0493. The number of anilines is 1. The van der Waals surface area contributed by atoms with Crippen LogP contribution in [0.1, 0.15) is 30.1 Å². The van der Waals surface area contributed by atoms with Crippen LogP contribution in [0.5, 0.6) is 0 Å². The molecule has 1 aliphatic carbocycles. The highest BCUT2D eigenvalue weighted by molar-refractivity contribution is 5.77. The molecule has 0 radical (unpaired) electrons. The Morgan fingerprint density at radius 3 is 2.85 bits per heavy atom. The summed E-state index contributed by atoms with van der Waals surface area (Å²) in [6.07, 6.45) is 0.914. The number of nitrogens with one attached hydrogen (secondary N) is 1. The van der Waals surface area contributed by atoms with Gasteiger partial charge in [0.2, 0.25) is 0 Å². The van der Waals surface area contributed by atoms with Crippen LogP contribution in [-0.2, 0) is 14.1 Å². The first kappa shape index (κ1) is 16.8. The fraction of sp³-hybridized carbons (Fsp3) is 0.500. The minimum atomic E-state index is -0.448. The number of fused-ring (bicyclic) bond motifs is 1. The lowest BCUT2D eigenvalue weighted by atomic mass is 10.0. The molecule has 26 heavy (non-hydrogen) atoms. The van der Waals surface area contributed by atoms with Crippen LogP contribution < -0.4 is 11.0 Å². The van der Waals surface area contributed by atoms with E-state index in [-0.39, 0.29) is 17.5 Å². The van der Waals surface area contributed by atoms with Gasteiger partial charge >= 0.3 is 5.69 Å². The van der Waals surface area contributed by atoms with Gasteiger partial charge in [-0.05, 0) is 31.4 Å². The lowest BCUT2D eigenvalue weighted by molar-refractivity contribution is 0.137. The Labute approximate surface area is 150 Å². The third-order valence-electron chi connectivity index (χ3n) is 5.31. The molecule has 3 aromatic rings. The highest BCUT2D eigenvalue weighted by Crippen LogP contribution is 2.37. The van der Waals surface area contributed by atoms with Gasteiger partial charge in [-0.2, -0.15) is 10.1 Å². The predicted octanol–water partition coefficient (Wildman–Crippen LogP) is 1.54. The number of aryl methyl sites for hydroxylation is 2. The first-order valence-electron chi connectivity index (χ1n) is 8.82. The summed E-state index contributed by atoms with van der Waals surface area (Å²) in [6, 6.07) is 6.32. The van der Waals surface area contributed by atoms with E-state index in [1.807, 2.05) is 25.1 Å². The van der Waals surface area contributed by atoms with Crippen molar-refractivity contribution in [3.8, 4) is 0 Å². The zero-order chi connectivity index (χ0) is 18.4. The van der Waals surface area contributed by atoms with Gasteiger partial charge in [-0.25, -0.2) is 9.48 Å². The largest absolute Gasteiger partial charge is 0.423 e. The molecule has 2 aromatic heterocycles. The van der Waals surface area contributed by atoms with Crippen molar-refractivity contribution in [2.24, 2.45) is 20.0 Å². The fourth-order valence-electron chi connectivity index (χ4n) is 3.85. The number of nitrogens with zero attached hydrogens (tertiary/aromatic N) is 4. The number of rotatable bonds is 4. The second kappa shape index (κ2) is 6.28. The quantitative estimate of drug-likeness (QED) is 0.735. The van der Waals surface area contributed by atoms with Gasteiger partial charge in [0.15, 0.2) is 5.58 Å². The van der Waals surface area contributed by atoms with Gasteiger partial charge in [0.25, 0.3) is 6.01 Å². The van der Waals surface area contributed by atoms with Crippen LogP contribution >= 0.6 is 0 Å². The van der Waals surface area contributed by atoms with Gasteiger partial charge in [-0.15, -0.1) is 0 Å². The van der Waals surface area contributed by atoms with Crippen LogP contribution in [-0.4, -0.2) is 37.1 Å². The molecular formula is C18H23N5O3. The van der Waals surface area contributed by atoms with E-state index in [4.69, 9.17) is 4.42 Å². The molecule has 2 N–H and O–H groups in total. The summed E-state index contributed by atoms with van der Waals surface area (Å²) in [5.74, 6) is 0.853. The summed E-state index contributed by atoms with van der Waals surface area (Å²) in [5, 5.41) is 18.0. The van der Waals surface area contributed by atoms with Crippen molar-refractivity contribution in [1.82, 2.24) is 19.3 Å². The SMILES string of the molecule is Cc1cccc2nc(NC[C@H]3C[C@H](c4nn(C)c(=O)n4C)C[C@H]3O)oc12. The minimum Gasteiger partial charge on any atom is -0.423 e. The summed E-state index contributed by atoms with van der Waals surface area (Å²) >= 11 is 0. The zero-order valence-electron chi connectivity index (χ0n) is 15.1. The van der Waals surface area contributed by atoms with Crippen molar-refractivity contribution in [2.75, 3.05) is 11.9 Å². The first-order chi connectivity index (χ1) is 12.4. The first-order valence-corrected chi connectivity index (χ1v) is 8.82. The zero-order valence-corrected chi connectivity index (χ0v) is 15.1. The number of para-hydroxylation sites is 1. The highest BCUT2D eigenvalue weighted by atomic mass is 16.4. The van der Waals surface area contributed by atoms with E-state index in [1.165, 1.54) is 4.68 Å². The second-order valence-electron chi connectivity index (χ2n) is 7.14. The van der Waals surface area contributed by atoms with Gasteiger partial charge in [-0.1, -0.05) is 12.1 Å². The molecule has 3 atom stereocenters. The maximum Gasteiger partial charge on any atom is 0.345 e. The monoisotopic (exact) mass is 357 g/mol. The lowest BCUT2D eigenvalue weighted by Gasteiger charge is -2.13. The summed E-state index contributed by atoms with van der Waals surface area (Å²) in [7, 11) is 3.37. The van der Waals surface area contributed by atoms with E-state index >= 15 is 0 Å². The van der Waals surface area contributed by atoms with Crippen molar-refractivity contribution in [1.29, 1.82) is 0 Å². The molecule has 0 unspecified atom stereocenters. The summed E-state index contributed by atoms with van der Waals surface area (Å²) < 4.78 is 8.69. The van der Waals surface area contributed by atoms with Crippen molar-refractivity contribution in [3.05, 3.63) is 40.1 Å². The Morgan fingerprint density at radius 2 is 2.15 bits per heavy atom. The van der Waals surface area contributed by atoms with Gasteiger partial charge in [-0.3, -0.25) is 4.57 Å². The van der Waals surface area contributed by atoms with Crippen LogP contribution in [0.2, 0.25) is 0 Å². The molecule has 0 amide bonds. The third-order valence-corrected chi connectivity index (χ3v) is 5.31. The number of aliphatic hydroxyl groups is 1. The molecule has 8 nitrogen and oxygen atoms in total. The molecule has 1 fully saturated rings. The molecule has 0 spiro atoms. The van der Waals surface area contributed by atoms with Crippen LogP contribution in [0, 0.1) is 12.8 Å². The second-order valence-corrected chi connectivity index (χ2v) is 7.14. The van der Waals surface area contributed by atoms with E-state index in [1.54, 1.807) is 18.7 Å². The molecule has 0 aliphatic heterocycles.